The number of carbonyl (C=O) groups excluding carboxylic acids is 1. The predicted molar refractivity (Wildman–Crippen MR) is 55.3 cm³/mol. The second-order valence-corrected chi connectivity index (χ2v) is 3.81. The van der Waals surface area contributed by atoms with Crippen molar-refractivity contribution in [1.82, 2.24) is 5.32 Å². The third-order valence-electron chi connectivity index (χ3n) is 2.42. The molecule has 0 fully saturated rings. The molecule has 3 N–H and O–H groups in total. The number of carbonyl (C=O) groups is 2. The Morgan fingerprint density at radius 3 is 2.13 bits per heavy atom. The SMILES string of the molecule is CCC(CC)C(=O)NCC(C)(O)C(=O)O. The molecule has 5 heteroatoms. The normalized spacial score (nSPS) is 14.7. The first kappa shape index (κ1) is 13.9. The van der Waals surface area contributed by atoms with Crippen LogP contribution in [0, 0.1) is 5.92 Å². The third kappa shape index (κ3) is 4.29. The maximum absolute atomic E-state index is 11.5. The van der Waals surface area contributed by atoms with Crippen molar-refractivity contribution in [3.8, 4) is 0 Å². The van der Waals surface area contributed by atoms with E-state index in [0.717, 1.165) is 6.92 Å². The zero-order chi connectivity index (χ0) is 12.1. The van der Waals surface area contributed by atoms with Gasteiger partial charge in [0.2, 0.25) is 5.91 Å². The standard InChI is InChI=1S/C10H19NO4/c1-4-7(5-2)8(12)11-6-10(3,15)9(13)14/h7,15H,4-6H2,1-3H3,(H,11,12)(H,13,14). The molecule has 0 saturated heterocycles. The van der Waals surface area contributed by atoms with Crippen molar-refractivity contribution in [2.75, 3.05) is 6.54 Å². The second kappa shape index (κ2) is 5.70. The van der Waals surface area contributed by atoms with Gasteiger partial charge in [-0.15, -0.1) is 0 Å². The molecule has 0 spiro atoms. The zero-order valence-electron chi connectivity index (χ0n) is 9.41. The van der Waals surface area contributed by atoms with Crippen LogP contribution in [-0.2, 0) is 9.59 Å². The van der Waals surface area contributed by atoms with E-state index < -0.39 is 11.6 Å². The predicted octanol–water partition coefficient (Wildman–Crippen LogP) is 0.374. The largest absolute Gasteiger partial charge is 0.479 e. The Morgan fingerprint density at radius 2 is 1.80 bits per heavy atom. The molecule has 0 aliphatic carbocycles. The molecule has 0 bridgehead atoms. The Bertz CT molecular complexity index is 234. The minimum absolute atomic E-state index is 0.116. The highest BCUT2D eigenvalue weighted by Gasteiger charge is 2.30. The number of amides is 1. The minimum atomic E-state index is -1.90. The van der Waals surface area contributed by atoms with Crippen molar-refractivity contribution in [2.45, 2.75) is 39.2 Å². The van der Waals surface area contributed by atoms with Crippen LogP contribution in [0.25, 0.3) is 0 Å². The zero-order valence-corrected chi connectivity index (χ0v) is 9.41. The number of aliphatic hydroxyl groups is 1. The lowest BCUT2D eigenvalue weighted by Gasteiger charge is -2.20. The van der Waals surface area contributed by atoms with Gasteiger partial charge in [0.15, 0.2) is 5.60 Å². The van der Waals surface area contributed by atoms with Crippen LogP contribution < -0.4 is 5.32 Å². The molecule has 0 rings (SSSR count). The van der Waals surface area contributed by atoms with Crippen LogP contribution in [0.1, 0.15) is 33.6 Å². The van der Waals surface area contributed by atoms with Gasteiger partial charge in [0, 0.05) is 5.92 Å². The van der Waals surface area contributed by atoms with Gasteiger partial charge < -0.3 is 15.5 Å². The summed E-state index contributed by atoms with van der Waals surface area (Å²) in [6.45, 7) is 4.67. The maximum atomic E-state index is 11.5. The molecular weight excluding hydrogens is 198 g/mol. The molecule has 0 aromatic rings. The van der Waals surface area contributed by atoms with Gasteiger partial charge in [-0.1, -0.05) is 13.8 Å². The van der Waals surface area contributed by atoms with Crippen molar-refractivity contribution in [2.24, 2.45) is 5.92 Å². The summed E-state index contributed by atoms with van der Waals surface area (Å²) >= 11 is 0. The number of hydrogen-bond donors (Lipinski definition) is 3. The van der Waals surface area contributed by atoms with E-state index in [4.69, 9.17) is 5.11 Å². The first-order valence-corrected chi connectivity index (χ1v) is 5.08. The fraction of sp³-hybridized carbons (Fsp3) is 0.800. The first-order chi connectivity index (χ1) is 6.85. The van der Waals surface area contributed by atoms with Crippen LogP contribution in [0.5, 0.6) is 0 Å². The molecule has 1 unspecified atom stereocenters. The van der Waals surface area contributed by atoms with Crippen LogP contribution in [0.15, 0.2) is 0 Å². The summed E-state index contributed by atoms with van der Waals surface area (Å²) in [6, 6.07) is 0. The number of hydrogen-bond acceptors (Lipinski definition) is 3. The van der Waals surface area contributed by atoms with Crippen molar-refractivity contribution in [3.63, 3.8) is 0 Å². The topological polar surface area (TPSA) is 86.6 Å². The van der Waals surface area contributed by atoms with Crippen molar-refractivity contribution in [3.05, 3.63) is 0 Å². The lowest BCUT2D eigenvalue weighted by atomic mass is 10.0. The molecule has 0 aromatic carbocycles. The van der Waals surface area contributed by atoms with Crippen molar-refractivity contribution in [1.29, 1.82) is 0 Å². The van der Waals surface area contributed by atoms with Crippen LogP contribution in [-0.4, -0.2) is 34.2 Å². The average molecular weight is 217 g/mol. The molecule has 15 heavy (non-hydrogen) atoms. The Balaban J connectivity index is 4.16. The summed E-state index contributed by atoms with van der Waals surface area (Å²) in [5, 5.41) is 20.4. The number of carboxylic acids is 1. The van der Waals surface area contributed by atoms with E-state index in [9.17, 15) is 14.7 Å². The lowest BCUT2D eigenvalue weighted by molar-refractivity contribution is -0.156. The molecule has 0 saturated carbocycles. The smallest absolute Gasteiger partial charge is 0.337 e. The molecule has 0 aromatic heterocycles. The molecule has 1 amide bonds. The van der Waals surface area contributed by atoms with Crippen molar-refractivity contribution < 1.29 is 19.8 Å². The molecular formula is C10H19NO4. The minimum Gasteiger partial charge on any atom is -0.479 e. The Kier molecular flexibility index (Phi) is 5.28. The molecule has 88 valence electrons. The van der Waals surface area contributed by atoms with Gasteiger partial charge in [-0.25, -0.2) is 4.79 Å². The second-order valence-electron chi connectivity index (χ2n) is 3.81. The van der Waals surface area contributed by atoms with E-state index in [2.05, 4.69) is 5.32 Å². The summed E-state index contributed by atoms with van der Waals surface area (Å²) in [5.41, 5.74) is -1.90. The molecule has 5 nitrogen and oxygen atoms in total. The molecule has 0 radical (unpaired) electrons. The monoisotopic (exact) mass is 217 g/mol. The summed E-state index contributed by atoms with van der Waals surface area (Å²) < 4.78 is 0. The van der Waals surface area contributed by atoms with Gasteiger partial charge >= 0.3 is 5.97 Å². The highest BCUT2D eigenvalue weighted by Crippen LogP contribution is 2.08. The Labute approximate surface area is 89.5 Å². The Hall–Kier alpha value is -1.10. The van der Waals surface area contributed by atoms with Crippen molar-refractivity contribution >= 4 is 11.9 Å². The number of carboxylic acid groups (broad SMARTS) is 1. The van der Waals surface area contributed by atoms with Gasteiger partial charge in [-0.05, 0) is 19.8 Å². The third-order valence-corrected chi connectivity index (χ3v) is 2.42. The molecule has 0 aliphatic heterocycles. The fourth-order valence-corrected chi connectivity index (χ4v) is 1.14. The number of nitrogens with one attached hydrogen (secondary N) is 1. The maximum Gasteiger partial charge on any atom is 0.337 e. The van der Waals surface area contributed by atoms with Gasteiger partial charge in [0.25, 0.3) is 0 Å². The summed E-state index contributed by atoms with van der Waals surface area (Å²) in [4.78, 5) is 22.0. The summed E-state index contributed by atoms with van der Waals surface area (Å²) in [6.07, 6.45) is 1.41. The van der Waals surface area contributed by atoms with E-state index in [1.54, 1.807) is 0 Å². The number of aliphatic carboxylic acids is 1. The van der Waals surface area contributed by atoms with Gasteiger partial charge in [0.1, 0.15) is 0 Å². The lowest BCUT2D eigenvalue weighted by Crippen LogP contribution is -2.47. The van der Waals surface area contributed by atoms with E-state index >= 15 is 0 Å². The van der Waals surface area contributed by atoms with Crippen LogP contribution in [0.2, 0.25) is 0 Å². The Morgan fingerprint density at radius 1 is 1.33 bits per heavy atom. The fourth-order valence-electron chi connectivity index (χ4n) is 1.14. The summed E-state index contributed by atoms with van der Waals surface area (Å²) in [7, 11) is 0. The van der Waals surface area contributed by atoms with Gasteiger partial charge in [-0.3, -0.25) is 4.79 Å². The molecule has 1 atom stereocenters. The van der Waals surface area contributed by atoms with Crippen LogP contribution >= 0.6 is 0 Å². The molecule has 0 heterocycles. The average Bonchev–Trinajstić information content (AvgIpc) is 2.16. The first-order valence-electron chi connectivity index (χ1n) is 5.08. The van der Waals surface area contributed by atoms with E-state index in [0.29, 0.717) is 12.8 Å². The van der Waals surface area contributed by atoms with Crippen LogP contribution in [0.4, 0.5) is 0 Å². The van der Waals surface area contributed by atoms with E-state index in [-0.39, 0.29) is 18.4 Å². The van der Waals surface area contributed by atoms with E-state index in [1.165, 1.54) is 0 Å². The number of rotatable bonds is 6. The van der Waals surface area contributed by atoms with Gasteiger partial charge in [-0.2, -0.15) is 0 Å². The van der Waals surface area contributed by atoms with E-state index in [1.807, 2.05) is 13.8 Å². The van der Waals surface area contributed by atoms with Gasteiger partial charge in [0.05, 0.1) is 6.54 Å². The van der Waals surface area contributed by atoms with Crippen LogP contribution in [0.3, 0.4) is 0 Å². The summed E-state index contributed by atoms with van der Waals surface area (Å²) in [5.74, 6) is -1.66. The highest BCUT2D eigenvalue weighted by molar-refractivity contribution is 5.81. The molecule has 0 aliphatic rings. The quantitative estimate of drug-likeness (QED) is 0.600. The highest BCUT2D eigenvalue weighted by atomic mass is 16.4.